The summed E-state index contributed by atoms with van der Waals surface area (Å²) in [5, 5.41) is 4.13. The Balaban J connectivity index is 1.62. The molecule has 0 saturated heterocycles. The highest BCUT2D eigenvalue weighted by atomic mass is 35.5. The van der Waals surface area contributed by atoms with Crippen molar-refractivity contribution in [2.24, 2.45) is 5.10 Å². The number of benzene rings is 3. The van der Waals surface area contributed by atoms with E-state index in [2.05, 4.69) is 10.5 Å². The van der Waals surface area contributed by atoms with E-state index in [1.54, 1.807) is 36.4 Å². The molecular formula is C24H20Cl2F3N3O4S. The van der Waals surface area contributed by atoms with Gasteiger partial charge in [0.1, 0.15) is 18.9 Å². The molecule has 0 radical (unpaired) electrons. The van der Waals surface area contributed by atoms with Crippen molar-refractivity contribution < 1.29 is 31.1 Å². The molecule has 0 spiro atoms. The number of ether oxygens (including phenoxy) is 1. The lowest BCUT2D eigenvalue weighted by atomic mass is 10.2. The Morgan fingerprint density at radius 2 is 1.70 bits per heavy atom. The minimum atomic E-state index is -4.73. The highest BCUT2D eigenvalue weighted by Gasteiger charge is 2.33. The van der Waals surface area contributed by atoms with Gasteiger partial charge >= 0.3 is 6.18 Å². The zero-order chi connectivity index (χ0) is 27.2. The number of hydrogen-bond acceptors (Lipinski definition) is 5. The SMILES string of the molecule is CS(=O)(=O)N(CC(=O)N/N=C\c1ccc(OCc2ccc(Cl)cc2)cc1)c1cc(C(F)(F)F)ccc1Cl. The van der Waals surface area contributed by atoms with E-state index >= 15 is 0 Å². The molecule has 0 aliphatic carbocycles. The van der Waals surface area contributed by atoms with E-state index in [0.29, 0.717) is 39.4 Å². The van der Waals surface area contributed by atoms with Gasteiger partial charge in [-0.25, -0.2) is 13.8 Å². The summed E-state index contributed by atoms with van der Waals surface area (Å²) in [5.74, 6) is -0.295. The summed E-state index contributed by atoms with van der Waals surface area (Å²) in [6, 6.07) is 16.2. The van der Waals surface area contributed by atoms with Gasteiger partial charge in [-0.3, -0.25) is 9.10 Å². The summed E-state index contributed by atoms with van der Waals surface area (Å²) in [5.41, 5.74) is 2.09. The topological polar surface area (TPSA) is 88.1 Å². The van der Waals surface area contributed by atoms with Crippen molar-refractivity contribution in [3.8, 4) is 5.75 Å². The number of hydrazone groups is 1. The van der Waals surface area contributed by atoms with Crippen molar-refractivity contribution in [2.75, 3.05) is 17.1 Å². The van der Waals surface area contributed by atoms with Gasteiger partial charge in [-0.05, 0) is 65.7 Å². The van der Waals surface area contributed by atoms with Gasteiger partial charge in [-0.15, -0.1) is 0 Å². The fourth-order valence-electron chi connectivity index (χ4n) is 3.00. The van der Waals surface area contributed by atoms with E-state index in [1.807, 2.05) is 12.1 Å². The molecule has 0 atom stereocenters. The first-order chi connectivity index (χ1) is 17.3. The standard InChI is InChI=1S/C24H20Cl2F3N3O4S/c1-37(34,35)32(22-12-18(24(27,28)29)6-11-21(22)26)14-23(33)31-30-13-16-4-9-20(10-5-16)36-15-17-2-7-19(25)8-3-17/h2-13H,14-15H2,1H3,(H,31,33)/b30-13-. The van der Waals surface area contributed by atoms with Crippen molar-refractivity contribution in [1.82, 2.24) is 5.43 Å². The van der Waals surface area contributed by atoms with Gasteiger partial charge in [-0.1, -0.05) is 35.3 Å². The maximum atomic E-state index is 13.1. The maximum Gasteiger partial charge on any atom is 0.416 e. The zero-order valence-electron chi connectivity index (χ0n) is 19.2. The number of carbonyl (C=O) groups is 1. The highest BCUT2D eigenvalue weighted by Crippen LogP contribution is 2.36. The van der Waals surface area contributed by atoms with Crippen molar-refractivity contribution in [2.45, 2.75) is 12.8 Å². The Morgan fingerprint density at radius 1 is 1.05 bits per heavy atom. The average Bonchev–Trinajstić information content (AvgIpc) is 2.82. The molecule has 1 N–H and O–H groups in total. The molecule has 7 nitrogen and oxygen atoms in total. The fourth-order valence-corrected chi connectivity index (χ4v) is 4.26. The van der Waals surface area contributed by atoms with E-state index < -0.39 is 39.9 Å². The minimum absolute atomic E-state index is 0.270. The lowest BCUT2D eigenvalue weighted by Crippen LogP contribution is -2.39. The predicted octanol–water partition coefficient (Wildman–Crippen LogP) is 5.51. The molecule has 0 aliphatic rings. The van der Waals surface area contributed by atoms with Crippen LogP contribution in [0.15, 0.2) is 71.8 Å². The Bertz CT molecular complexity index is 1380. The third kappa shape index (κ3) is 8.38. The van der Waals surface area contributed by atoms with Gasteiger partial charge in [0.2, 0.25) is 10.0 Å². The van der Waals surface area contributed by atoms with Crippen LogP contribution in [-0.2, 0) is 27.6 Å². The molecule has 0 aliphatic heterocycles. The van der Waals surface area contributed by atoms with E-state index in [0.717, 1.165) is 17.9 Å². The van der Waals surface area contributed by atoms with Crippen LogP contribution in [-0.4, -0.2) is 33.3 Å². The molecule has 0 unspecified atom stereocenters. The second-order valence-corrected chi connectivity index (χ2v) is 10.5. The predicted molar refractivity (Wildman–Crippen MR) is 137 cm³/mol. The third-order valence-electron chi connectivity index (χ3n) is 4.83. The van der Waals surface area contributed by atoms with Crippen molar-refractivity contribution >= 4 is 51.0 Å². The summed E-state index contributed by atoms with van der Waals surface area (Å²) in [7, 11) is -4.16. The van der Waals surface area contributed by atoms with E-state index in [-0.39, 0.29) is 5.02 Å². The monoisotopic (exact) mass is 573 g/mol. The lowest BCUT2D eigenvalue weighted by Gasteiger charge is -2.23. The number of halogens is 5. The summed E-state index contributed by atoms with van der Waals surface area (Å²) >= 11 is 11.8. The molecule has 0 heterocycles. The largest absolute Gasteiger partial charge is 0.489 e. The first kappa shape index (κ1) is 28.3. The first-order valence-corrected chi connectivity index (χ1v) is 13.1. The van der Waals surface area contributed by atoms with Crippen LogP contribution in [0.5, 0.6) is 5.75 Å². The van der Waals surface area contributed by atoms with Crippen LogP contribution in [0, 0.1) is 0 Å². The van der Waals surface area contributed by atoms with E-state index in [9.17, 15) is 26.4 Å². The normalized spacial score (nSPS) is 11.9. The Morgan fingerprint density at radius 3 is 2.30 bits per heavy atom. The van der Waals surface area contributed by atoms with Crippen LogP contribution in [0.4, 0.5) is 18.9 Å². The Hall–Kier alpha value is -3.28. The van der Waals surface area contributed by atoms with Gasteiger partial charge in [0, 0.05) is 5.02 Å². The third-order valence-corrected chi connectivity index (χ3v) is 6.53. The number of amides is 1. The minimum Gasteiger partial charge on any atom is -0.489 e. The average molecular weight is 574 g/mol. The summed E-state index contributed by atoms with van der Waals surface area (Å²) in [6.45, 7) is -0.498. The molecule has 0 bridgehead atoms. The van der Waals surface area contributed by atoms with Crippen molar-refractivity contribution in [3.63, 3.8) is 0 Å². The number of rotatable bonds is 9. The number of nitrogens with zero attached hydrogens (tertiary/aromatic N) is 2. The number of nitrogens with one attached hydrogen (secondary N) is 1. The molecule has 3 aromatic rings. The van der Waals surface area contributed by atoms with Gasteiger partial charge in [0.15, 0.2) is 0 Å². The van der Waals surface area contributed by atoms with Crippen LogP contribution in [0.1, 0.15) is 16.7 Å². The highest BCUT2D eigenvalue weighted by molar-refractivity contribution is 7.92. The van der Waals surface area contributed by atoms with Gasteiger partial charge in [0.25, 0.3) is 5.91 Å². The first-order valence-electron chi connectivity index (χ1n) is 10.5. The van der Waals surface area contributed by atoms with E-state index in [1.165, 1.54) is 6.21 Å². The molecule has 3 rings (SSSR count). The Labute approximate surface area is 221 Å². The van der Waals surface area contributed by atoms with Crippen LogP contribution in [0.3, 0.4) is 0 Å². The van der Waals surface area contributed by atoms with Crippen molar-refractivity contribution in [3.05, 3.63) is 93.5 Å². The quantitative estimate of drug-likeness (QED) is 0.270. The molecule has 37 heavy (non-hydrogen) atoms. The maximum absolute atomic E-state index is 13.1. The number of sulfonamides is 1. The second kappa shape index (κ2) is 11.8. The fraction of sp³-hybridized carbons (Fsp3) is 0.167. The molecule has 196 valence electrons. The number of hydrogen-bond donors (Lipinski definition) is 1. The molecule has 3 aromatic carbocycles. The van der Waals surface area contributed by atoms with Crippen LogP contribution >= 0.6 is 23.2 Å². The van der Waals surface area contributed by atoms with Crippen molar-refractivity contribution in [1.29, 1.82) is 0 Å². The summed E-state index contributed by atoms with van der Waals surface area (Å²) < 4.78 is 69.9. The lowest BCUT2D eigenvalue weighted by molar-refractivity contribution is -0.137. The molecule has 0 aromatic heterocycles. The zero-order valence-corrected chi connectivity index (χ0v) is 21.5. The molecule has 0 fully saturated rings. The smallest absolute Gasteiger partial charge is 0.416 e. The van der Waals surface area contributed by atoms with Crippen LogP contribution < -0.4 is 14.5 Å². The van der Waals surface area contributed by atoms with Gasteiger partial charge < -0.3 is 4.74 Å². The summed E-state index contributed by atoms with van der Waals surface area (Å²) in [4.78, 5) is 12.3. The molecule has 13 heteroatoms. The molecule has 0 saturated carbocycles. The van der Waals surface area contributed by atoms with E-state index in [4.69, 9.17) is 27.9 Å². The Kier molecular flexibility index (Phi) is 9.06. The number of anilines is 1. The molecular weight excluding hydrogens is 554 g/mol. The number of alkyl halides is 3. The number of carbonyl (C=O) groups excluding carboxylic acids is 1. The molecule has 1 amide bonds. The summed E-state index contributed by atoms with van der Waals surface area (Å²) in [6.07, 6.45) is -2.68. The van der Waals surface area contributed by atoms with Gasteiger partial charge in [-0.2, -0.15) is 18.3 Å². The van der Waals surface area contributed by atoms with Crippen LogP contribution in [0.25, 0.3) is 0 Å². The van der Waals surface area contributed by atoms with Crippen LogP contribution in [0.2, 0.25) is 10.0 Å². The van der Waals surface area contributed by atoms with Gasteiger partial charge in [0.05, 0.1) is 28.7 Å². The second-order valence-electron chi connectivity index (χ2n) is 7.71.